The molecule has 1 unspecified atom stereocenters. The number of nitrogens with zero attached hydrogens (tertiary/aromatic N) is 4. The number of benzene rings is 3. The van der Waals surface area contributed by atoms with Gasteiger partial charge in [0, 0.05) is 38.8 Å². The topological polar surface area (TPSA) is 67.8 Å². The molecule has 6 rings (SSSR count). The van der Waals surface area contributed by atoms with Gasteiger partial charge in [0.2, 0.25) is 5.95 Å². The fourth-order valence-corrected chi connectivity index (χ4v) is 5.99. The maximum atomic E-state index is 13.1. The van der Waals surface area contributed by atoms with Crippen LogP contribution in [0.3, 0.4) is 0 Å². The quantitative estimate of drug-likeness (QED) is 0.318. The number of ether oxygens (including phenoxy) is 2. The molecule has 3 aromatic carbocycles. The number of Topliss-reactive ketones (excluding diaryl/α,β-unsaturated/α-hetero) is 1. The highest BCUT2D eigenvalue weighted by Crippen LogP contribution is 2.37. The maximum Gasteiger partial charge on any atom is 0.225 e. The summed E-state index contributed by atoms with van der Waals surface area (Å²) in [6.07, 6.45) is 2.86. The number of hydrogen-bond donors (Lipinski definition) is 0. The van der Waals surface area contributed by atoms with Gasteiger partial charge >= 0.3 is 0 Å². The molecule has 0 bridgehead atoms. The van der Waals surface area contributed by atoms with E-state index < -0.39 is 0 Å². The fourth-order valence-electron chi connectivity index (χ4n) is 5.99. The van der Waals surface area contributed by atoms with Crippen molar-refractivity contribution in [3.63, 3.8) is 0 Å². The van der Waals surface area contributed by atoms with Crippen LogP contribution < -0.4 is 14.4 Å². The smallest absolute Gasteiger partial charge is 0.225 e. The van der Waals surface area contributed by atoms with Crippen LogP contribution in [-0.2, 0) is 6.42 Å². The van der Waals surface area contributed by atoms with E-state index in [4.69, 9.17) is 14.5 Å². The molecule has 0 spiro atoms. The van der Waals surface area contributed by atoms with Gasteiger partial charge in [-0.05, 0) is 41.2 Å². The third-order valence-electron chi connectivity index (χ3n) is 8.10. The second-order valence-corrected chi connectivity index (χ2v) is 10.4. The van der Waals surface area contributed by atoms with Gasteiger partial charge < -0.3 is 14.4 Å². The van der Waals surface area contributed by atoms with Crippen molar-refractivity contribution in [3.8, 4) is 11.5 Å². The van der Waals surface area contributed by atoms with E-state index in [9.17, 15) is 4.79 Å². The van der Waals surface area contributed by atoms with Crippen LogP contribution in [0.4, 0.5) is 5.95 Å². The van der Waals surface area contributed by atoms with Gasteiger partial charge in [0.05, 0.1) is 31.5 Å². The number of carbonyl (C=O) groups excluding carboxylic acids is 1. The second kappa shape index (κ2) is 11.5. The Morgan fingerprint density at radius 1 is 0.800 bits per heavy atom. The van der Waals surface area contributed by atoms with E-state index in [1.165, 1.54) is 11.1 Å². The lowest BCUT2D eigenvalue weighted by molar-refractivity contribution is 0.0962. The highest BCUT2D eigenvalue weighted by Gasteiger charge is 2.31. The van der Waals surface area contributed by atoms with Crippen molar-refractivity contribution in [2.24, 2.45) is 0 Å². The Balaban J connectivity index is 1.19. The van der Waals surface area contributed by atoms with Crippen molar-refractivity contribution < 1.29 is 14.3 Å². The minimum absolute atomic E-state index is 0.0388. The Hall–Kier alpha value is -4.23. The van der Waals surface area contributed by atoms with Gasteiger partial charge in [0.1, 0.15) is 0 Å². The van der Waals surface area contributed by atoms with Crippen LogP contribution in [0, 0.1) is 0 Å². The Bertz CT molecular complexity index is 1430. The van der Waals surface area contributed by atoms with Crippen molar-refractivity contribution in [1.29, 1.82) is 0 Å². The van der Waals surface area contributed by atoms with Gasteiger partial charge in [-0.2, -0.15) is 0 Å². The van der Waals surface area contributed by atoms with Crippen molar-refractivity contribution >= 4 is 11.7 Å². The van der Waals surface area contributed by atoms with Gasteiger partial charge in [0.15, 0.2) is 17.3 Å². The SMILES string of the molecule is COc1ccc(C2CC(=O)c3cnc(N4CCN(C(c5ccccc5)c5ccccc5)CC4)nc3C2)cc1OC. The number of aromatic nitrogens is 2. The van der Waals surface area contributed by atoms with Crippen LogP contribution >= 0.6 is 0 Å². The number of ketones is 1. The van der Waals surface area contributed by atoms with Crippen LogP contribution in [-0.4, -0.2) is 61.0 Å². The number of carbonyl (C=O) groups is 1. The zero-order valence-corrected chi connectivity index (χ0v) is 23.0. The van der Waals surface area contributed by atoms with E-state index in [2.05, 4.69) is 75.4 Å². The molecule has 1 fully saturated rings. The molecule has 2 aliphatic rings. The van der Waals surface area contributed by atoms with E-state index in [0.29, 0.717) is 35.9 Å². The zero-order valence-electron chi connectivity index (χ0n) is 23.0. The van der Waals surface area contributed by atoms with Crippen LogP contribution in [0.25, 0.3) is 0 Å². The van der Waals surface area contributed by atoms with E-state index in [-0.39, 0.29) is 17.7 Å². The fraction of sp³-hybridized carbons (Fsp3) is 0.303. The number of fused-ring (bicyclic) bond motifs is 1. The summed E-state index contributed by atoms with van der Waals surface area (Å²) >= 11 is 0. The molecular formula is C33H34N4O3. The van der Waals surface area contributed by atoms with Gasteiger partial charge in [-0.15, -0.1) is 0 Å². The molecule has 0 N–H and O–H groups in total. The molecule has 2 heterocycles. The molecule has 1 aromatic heterocycles. The minimum atomic E-state index is 0.0388. The normalized spacial score (nSPS) is 17.5. The largest absolute Gasteiger partial charge is 0.493 e. The molecular weight excluding hydrogens is 500 g/mol. The van der Waals surface area contributed by atoms with Crippen LogP contribution in [0.15, 0.2) is 85.1 Å². The molecule has 40 heavy (non-hydrogen) atoms. The highest BCUT2D eigenvalue weighted by molar-refractivity contribution is 5.98. The average Bonchev–Trinajstić information content (AvgIpc) is 3.02. The van der Waals surface area contributed by atoms with E-state index >= 15 is 0 Å². The van der Waals surface area contributed by atoms with Gasteiger partial charge in [-0.1, -0.05) is 66.7 Å². The minimum Gasteiger partial charge on any atom is -0.493 e. The molecule has 1 aliphatic heterocycles. The lowest BCUT2D eigenvalue weighted by atomic mass is 9.82. The Morgan fingerprint density at radius 2 is 1.45 bits per heavy atom. The molecule has 1 aliphatic carbocycles. The second-order valence-electron chi connectivity index (χ2n) is 10.4. The van der Waals surface area contributed by atoms with Crippen LogP contribution in [0.1, 0.15) is 51.1 Å². The van der Waals surface area contributed by atoms with Gasteiger partial charge in [-0.25, -0.2) is 9.97 Å². The first-order valence-electron chi connectivity index (χ1n) is 13.8. The molecule has 0 amide bonds. The molecule has 0 saturated carbocycles. The van der Waals surface area contributed by atoms with E-state index in [1.54, 1.807) is 20.4 Å². The van der Waals surface area contributed by atoms with Gasteiger partial charge in [0.25, 0.3) is 0 Å². The summed E-state index contributed by atoms with van der Waals surface area (Å²) in [6, 6.07) is 27.5. The summed E-state index contributed by atoms with van der Waals surface area (Å²) in [4.78, 5) is 27.4. The predicted octanol–water partition coefficient (Wildman–Crippen LogP) is 5.32. The van der Waals surface area contributed by atoms with Crippen molar-refractivity contribution in [2.45, 2.75) is 24.8 Å². The molecule has 204 valence electrons. The number of rotatable bonds is 7. The van der Waals surface area contributed by atoms with Crippen molar-refractivity contribution in [3.05, 3.63) is 113 Å². The monoisotopic (exact) mass is 534 g/mol. The summed E-state index contributed by atoms with van der Waals surface area (Å²) in [5.41, 5.74) is 5.12. The lowest BCUT2D eigenvalue weighted by Crippen LogP contribution is -2.48. The summed E-state index contributed by atoms with van der Waals surface area (Å²) in [6.45, 7) is 3.42. The summed E-state index contributed by atoms with van der Waals surface area (Å²) in [5, 5.41) is 0. The van der Waals surface area contributed by atoms with Crippen LogP contribution in [0.2, 0.25) is 0 Å². The summed E-state index contributed by atoms with van der Waals surface area (Å²) < 4.78 is 10.9. The summed E-state index contributed by atoms with van der Waals surface area (Å²) in [7, 11) is 3.25. The van der Waals surface area contributed by atoms with E-state index in [1.807, 2.05) is 18.2 Å². The third kappa shape index (κ3) is 5.17. The van der Waals surface area contributed by atoms with Crippen LogP contribution in [0.5, 0.6) is 11.5 Å². The average molecular weight is 535 g/mol. The van der Waals surface area contributed by atoms with E-state index in [0.717, 1.165) is 37.4 Å². The number of hydrogen-bond acceptors (Lipinski definition) is 7. The molecule has 1 atom stereocenters. The lowest BCUT2D eigenvalue weighted by Gasteiger charge is -2.40. The number of anilines is 1. The standard InChI is InChI=1S/C33H34N4O3/c1-39-30-14-13-25(21-31(30)40-2)26-19-28-27(29(38)20-26)22-34-33(35-28)37-17-15-36(16-18-37)32(23-9-5-3-6-10-23)24-11-7-4-8-12-24/h3-14,21-22,26,32H,15-20H2,1-2H3. The maximum absolute atomic E-state index is 13.1. The Labute approximate surface area is 235 Å². The van der Waals surface area contributed by atoms with Crippen molar-refractivity contribution in [1.82, 2.24) is 14.9 Å². The first-order valence-corrected chi connectivity index (χ1v) is 13.8. The van der Waals surface area contributed by atoms with Gasteiger partial charge in [-0.3, -0.25) is 9.69 Å². The molecule has 1 saturated heterocycles. The Kier molecular flexibility index (Phi) is 7.47. The first-order chi connectivity index (χ1) is 19.6. The third-order valence-corrected chi connectivity index (χ3v) is 8.10. The molecule has 0 radical (unpaired) electrons. The molecule has 7 nitrogen and oxygen atoms in total. The first kappa shape index (κ1) is 26.0. The molecule has 7 heteroatoms. The predicted molar refractivity (Wildman–Crippen MR) is 155 cm³/mol. The Morgan fingerprint density at radius 3 is 2.08 bits per heavy atom. The zero-order chi connectivity index (χ0) is 27.5. The van der Waals surface area contributed by atoms with Crippen molar-refractivity contribution in [2.75, 3.05) is 45.3 Å². The summed E-state index contributed by atoms with van der Waals surface area (Å²) in [5.74, 6) is 2.18. The number of methoxy groups -OCH3 is 2. The highest BCUT2D eigenvalue weighted by atomic mass is 16.5. The number of piperazine rings is 1. The molecule has 4 aromatic rings.